The number of halogens is 1. The quantitative estimate of drug-likeness (QED) is 0.303. The Morgan fingerprint density at radius 2 is 2.14 bits per heavy atom. The molecule has 1 amide bonds. The molecule has 4 nitrogen and oxygen atoms in total. The summed E-state index contributed by atoms with van der Waals surface area (Å²) in [5.74, 6) is 5.96. The van der Waals surface area contributed by atoms with E-state index in [1.807, 2.05) is 24.3 Å². The molecule has 5 heteroatoms. The third-order valence-electron chi connectivity index (χ3n) is 4.07. The van der Waals surface area contributed by atoms with Crippen LogP contribution in [0.15, 0.2) is 61.2 Å². The van der Waals surface area contributed by atoms with Crippen LogP contribution in [0.4, 0.5) is 10.1 Å². The average molecular weight is 393 g/mol. The second-order valence-corrected chi connectivity index (χ2v) is 6.22. The average Bonchev–Trinajstić information content (AvgIpc) is 2.71. The van der Waals surface area contributed by atoms with Crippen LogP contribution in [0.3, 0.4) is 0 Å². The number of carbonyl (C=O) groups is 1. The van der Waals surface area contributed by atoms with Gasteiger partial charge in [-0.25, -0.2) is 4.39 Å². The van der Waals surface area contributed by atoms with Crippen molar-refractivity contribution < 1.29 is 19.0 Å². The molecule has 2 aromatic carbocycles. The lowest BCUT2D eigenvalue weighted by atomic mass is 10.1. The summed E-state index contributed by atoms with van der Waals surface area (Å²) in [7, 11) is 1.61. The first-order valence-corrected chi connectivity index (χ1v) is 9.21. The lowest BCUT2D eigenvalue weighted by Gasteiger charge is -2.05. The van der Waals surface area contributed by atoms with E-state index >= 15 is 0 Å². The van der Waals surface area contributed by atoms with Gasteiger partial charge in [0.25, 0.3) is 0 Å². The summed E-state index contributed by atoms with van der Waals surface area (Å²) in [5.41, 5.74) is 2.45. The van der Waals surface area contributed by atoms with E-state index in [2.05, 4.69) is 23.7 Å². The number of aliphatic hydroxyl groups is 1. The highest BCUT2D eigenvalue weighted by Gasteiger charge is 2.04. The van der Waals surface area contributed by atoms with E-state index in [0.717, 1.165) is 23.3 Å². The van der Waals surface area contributed by atoms with E-state index in [9.17, 15) is 9.18 Å². The smallest absolute Gasteiger partial charge is 0.248 e. The number of methoxy groups -OCH3 is 1. The van der Waals surface area contributed by atoms with E-state index in [1.54, 1.807) is 19.3 Å². The first-order chi connectivity index (χ1) is 14.1. The highest BCUT2D eigenvalue weighted by Crippen LogP contribution is 2.20. The fourth-order valence-corrected chi connectivity index (χ4v) is 2.57. The molecule has 0 unspecified atom stereocenters. The number of hydrogen-bond donors (Lipinski definition) is 2. The van der Waals surface area contributed by atoms with E-state index in [1.165, 1.54) is 18.2 Å². The van der Waals surface area contributed by atoms with Crippen LogP contribution in [0.25, 0.3) is 0 Å². The molecule has 0 fully saturated rings. The van der Waals surface area contributed by atoms with Gasteiger partial charge in [0.05, 0.1) is 19.3 Å². The molecule has 0 aromatic heterocycles. The molecule has 0 saturated heterocycles. The minimum Gasteiger partial charge on any atom is -0.495 e. The zero-order valence-corrected chi connectivity index (χ0v) is 16.4. The molecule has 0 aliphatic carbocycles. The van der Waals surface area contributed by atoms with E-state index < -0.39 is 5.82 Å². The SMILES string of the molecule is C=CCc1ccc(C#CCC/C=C/C(=O)Nc2ccc(CO)c(F)c2)c(OC)c1. The van der Waals surface area contributed by atoms with Crippen LogP contribution in [-0.2, 0) is 17.8 Å². The molecule has 2 rings (SSSR count). The van der Waals surface area contributed by atoms with Gasteiger partial charge in [-0.3, -0.25) is 4.79 Å². The fourth-order valence-electron chi connectivity index (χ4n) is 2.57. The molecule has 0 aliphatic heterocycles. The maximum Gasteiger partial charge on any atom is 0.248 e. The Labute approximate surface area is 170 Å². The molecule has 29 heavy (non-hydrogen) atoms. The topological polar surface area (TPSA) is 58.6 Å². The summed E-state index contributed by atoms with van der Waals surface area (Å²) in [6.07, 6.45) is 6.91. The van der Waals surface area contributed by atoms with Gasteiger partial charge in [-0.2, -0.15) is 0 Å². The van der Waals surface area contributed by atoms with Gasteiger partial charge >= 0.3 is 0 Å². The van der Waals surface area contributed by atoms with E-state index in [4.69, 9.17) is 9.84 Å². The molecule has 0 spiro atoms. The summed E-state index contributed by atoms with van der Waals surface area (Å²) in [4.78, 5) is 11.9. The molecule has 2 aromatic rings. The molecule has 2 N–H and O–H groups in total. The number of ether oxygens (including phenoxy) is 1. The lowest BCUT2D eigenvalue weighted by molar-refractivity contribution is -0.111. The molecule has 0 saturated carbocycles. The Hall–Kier alpha value is -3.36. The van der Waals surface area contributed by atoms with Gasteiger partial charge in [-0.05, 0) is 48.7 Å². The minimum absolute atomic E-state index is 0.184. The van der Waals surface area contributed by atoms with Crippen LogP contribution in [0.1, 0.15) is 29.5 Å². The summed E-state index contributed by atoms with van der Waals surface area (Å²) < 4.78 is 19.0. The van der Waals surface area contributed by atoms with Gasteiger partial charge in [0.2, 0.25) is 5.91 Å². The number of nitrogens with one attached hydrogen (secondary N) is 1. The van der Waals surface area contributed by atoms with Crippen molar-refractivity contribution in [2.24, 2.45) is 0 Å². The molecule has 0 heterocycles. The van der Waals surface area contributed by atoms with Gasteiger partial charge < -0.3 is 15.2 Å². The fraction of sp³-hybridized carbons (Fsp3) is 0.208. The summed E-state index contributed by atoms with van der Waals surface area (Å²) in [6.45, 7) is 3.35. The van der Waals surface area contributed by atoms with Crippen molar-refractivity contribution in [3.8, 4) is 17.6 Å². The van der Waals surface area contributed by atoms with Crippen LogP contribution in [0.5, 0.6) is 5.75 Å². The van der Waals surface area contributed by atoms with Gasteiger partial charge in [-0.1, -0.05) is 36.1 Å². The summed E-state index contributed by atoms with van der Waals surface area (Å²) >= 11 is 0. The zero-order valence-electron chi connectivity index (χ0n) is 16.4. The molecule has 0 atom stereocenters. The largest absolute Gasteiger partial charge is 0.495 e. The molecule has 0 bridgehead atoms. The van der Waals surface area contributed by atoms with Crippen molar-refractivity contribution in [3.63, 3.8) is 0 Å². The number of carbonyl (C=O) groups excluding carboxylic acids is 1. The normalized spacial score (nSPS) is 10.3. The minimum atomic E-state index is -0.558. The first-order valence-electron chi connectivity index (χ1n) is 9.21. The van der Waals surface area contributed by atoms with Crippen LogP contribution < -0.4 is 10.1 Å². The zero-order chi connectivity index (χ0) is 21.1. The summed E-state index contributed by atoms with van der Waals surface area (Å²) in [5, 5.41) is 11.5. The van der Waals surface area contributed by atoms with Crippen molar-refractivity contribution in [1.82, 2.24) is 0 Å². The van der Waals surface area contributed by atoms with Gasteiger partial charge in [0, 0.05) is 17.7 Å². The molecule has 150 valence electrons. The standard InChI is InChI=1S/C24H24FNO3/c1-3-8-18-11-12-19(23(15-18)29-2)9-6-4-5-7-10-24(28)26-21-14-13-20(17-27)22(25)16-21/h3,7,10-16,27H,1,4-5,8,17H2,2H3,(H,26,28)/b10-7+. The third kappa shape index (κ3) is 6.95. The van der Waals surface area contributed by atoms with Crippen molar-refractivity contribution in [2.45, 2.75) is 25.9 Å². The number of anilines is 1. The predicted molar refractivity (Wildman–Crippen MR) is 113 cm³/mol. The highest BCUT2D eigenvalue weighted by molar-refractivity contribution is 5.99. The van der Waals surface area contributed by atoms with Gasteiger partial charge in [-0.15, -0.1) is 6.58 Å². The van der Waals surface area contributed by atoms with Gasteiger partial charge in [0.1, 0.15) is 11.6 Å². The van der Waals surface area contributed by atoms with Crippen molar-refractivity contribution in [3.05, 3.63) is 83.7 Å². The highest BCUT2D eigenvalue weighted by atomic mass is 19.1. The van der Waals surface area contributed by atoms with Crippen molar-refractivity contribution >= 4 is 11.6 Å². The van der Waals surface area contributed by atoms with Crippen LogP contribution >= 0.6 is 0 Å². The number of unbranched alkanes of at least 4 members (excludes halogenated alkanes) is 1. The second kappa shape index (κ2) is 11.5. The van der Waals surface area contributed by atoms with Crippen LogP contribution in [-0.4, -0.2) is 18.1 Å². The predicted octanol–water partition coefficient (Wildman–Crippen LogP) is 4.38. The second-order valence-electron chi connectivity index (χ2n) is 6.22. The third-order valence-corrected chi connectivity index (χ3v) is 4.07. The van der Waals surface area contributed by atoms with Crippen molar-refractivity contribution in [2.75, 3.05) is 12.4 Å². The van der Waals surface area contributed by atoms with Gasteiger partial charge in [0.15, 0.2) is 0 Å². The Balaban J connectivity index is 1.84. The lowest BCUT2D eigenvalue weighted by Crippen LogP contribution is -2.08. The number of amides is 1. The van der Waals surface area contributed by atoms with Crippen LogP contribution in [0.2, 0.25) is 0 Å². The van der Waals surface area contributed by atoms with Crippen molar-refractivity contribution in [1.29, 1.82) is 0 Å². The van der Waals surface area contributed by atoms with E-state index in [0.29, 0.717) is 18.5 Å². The molecule has 0 aliphatic rings. The Morgan fingerprint density at radius 3 is 2.83 bits per heavy atom. The number of hydrogen-bond acceptors (Lipinski definition) is 3. The maximum absolute atomic E-state index is 13.6. The molecular formula is C24H24FNO3. The van der Waals surface area contributed by atoms with Crippen LogP contribution in [0, 0.1) is 17.7 Å². The molecule has 0 radical (unpaired) electrons. The Bertz CT molecular complexity index is 954. The number of benzene rings is 2. The number of aliphatic hydroxyl groups excluding tert-OH is 1. The Kier molecular flexibility index (Phi) is 8.68. The Morgan fingerprint density at radius 1 is 1.31 bits per heavy atom. The maximum atomic E-state index is 13.6. The summed E-state index contributed by atoms with van der Waals surface area (Å²) in [6, 6.07) is 10.0. The monoisotopic (exact) mass is 393 g/mol. The number of allylic oxidation sites excluding steroid dienone is 2. The first kappa shape index (κ1) is 21.9. The van der Waals surface area contributed by atoms with E-state index in [-0.39, 0.29) is 18.1 Å². The number of rotatable bonds is 8. The molecular weight excluding hydrogens is 369 g/mol.